The van der Waals surface area contributed by atoms with Gasteiger partial charge in [0.15, 0.2) is 11.5 Å². The van der Waals surface area contributed by atoms with Crippen molar-refractivity contribution in [1.29, 1.82) is 0 Å². The van der Waals surface area contributed by atoms with Gasteiger partial charge < -0.3 is 23.7 Å². The molecule has 26 heavy (non-hydrogen) atoms. The van der Waals surface area contributed by atoms with Gasteiger partial charge in [-0.05, 0) is 37.0 Å². The number of amides is 1. The molecule has 0 radical (unpaired) electrons. The first-order valence-electron chi connectivity index (χ1n) is 9.05. The molecule has 1 amide bonds. The zero-order valence-corrected chi connectivity index (χ0v) is 14.5. The molecule has 1 unspecified atom stereocenters. The number of carbonyl (C=O) groups is 1. The summed E-state index contributed by atoms with van der Waals surface area (Å²) in [4.78, 5) is 19.1. The van der Waals surface area contributed by atoms with Crippen LogP contribution in [0, 0.1) is 5.92 Å². The highest BCUT2D eigenvalue weighted by Gasteiger charge is 2.30. The molecule has 2 aliphatic heterocycles. The zero-order chi connectivity index (χ0) is 17.5. The first kappa shape index (κ1) is 15.7. The molecule has 1 aromatic heterocycles. The van der Waals surface area contributed by atoms with Crippen molar-refractivity contribution in [3.8, 4) is 11.5 Å². The van der Waals surface area contributed by atoms with Crippen LogP contribution in [0.3, 0.4) is 0 Å². The molecular formula is C19H21N3O4. The molecule has 136 valence electrons. The van der Waals surface area contributed by atoms with Gasteiger partial charge in [-0.2, -0.15) is 0 Å². The lowest BCUT2D eigenvalue weighted by atomic mass is 10.1. The van der Waals surface area contributed by atoms with Gasteiger partial charge in [-0.3, -0.25) is 4.79 Å². The monoisotopic (exact) mass is 355 g/mol. The summed E-state index contributed by atoms with van der Waals surface area (Å²) in [5.74, 6) is 2.03. The second-order valence-corrected chi connectivity index (χ2v) is 7.18. The van der Waals surface area contributed by atoms with E-state index < -0.39 is 0 Å². The summed E-state index contributed by atoms with van der Waals surface area (Å²) >= 11 is 0. The van der Waals surface area contributed by atoms with Crippen LogP contribution in [0.15, 0.2) is 30.7 Å². The molecule has 1 saturated carbocycles. The summed E-state index contributed by atoms with van der Waals surface area (Å²) in [5, 5.41) is 0. The molecule has 0 N–H and O–H groups in total. The highest BCUT2D eigenvalue weighted by Crippen LogP contribution is 2.33. The van der Waals surface area contributed by atoms with Crippen LogP contribution >= 0.6 is 0 Å². The molecule has 7 nitrogen and oxygen atoms in total. The summed E-state index contributed by atoms with van der Waals surface area (Å²) in [5.41, 5.74) is 1.64. The van der Waals surface area contributed by atoms with E-state index >= 15 is 0 Å². The Morgan fingerprint density at radius 2 is 2.12 bits per heavy atom. The highest BCUT2D eigenvalue weighted by atomic mass is 16.7. The average Bonchev–Trinajstić information content (AvgIpc) is 3.17. The summed E-state index contributed by atoms with van der Waals surface area (Å²) in [6, 6.07) is 5.44. The van der Waals surface area contributed by atoms with Gasteiger partial charge in [-0.15, -0.1) is 0 Å². The van der Waals surface area contributed by atoms with E-state index in [0.29, 0.717) is 36.8 Å². The van der Waals surface area contributed by atoms with E-state index in [9.17, 15) is 4.79 Å². The first-order valence-corrected chi connectivity index (χ1v) is 9.05. The Balaban J connectivity index is 1.33. The Morgan fingerprint density at radius 3 is 3.00 bits per heavy atom. The van der Waals surface area contributed by atoms with Gasteiger partial charge in [-0.25, -0.2) is 4.98 Å². The number of nitrogens with zero attached hydrogens (tertiary/aromatic N) is 3. The molecule has 1 fully saturated rings. The van der Waals surface area contributed by atoms with Crippen LogP contribution in [0.2, 0.25) is 0 Å². The van der Waals surface area contributed by atoms with Crippen LogP contribution < -0.4 is 9.47 Å². The van der Waals surface area contributed by atoms with E-state index in [0.717, 1.165) is 18.2 Å². The van der Waals surface area contributed by atoms with Crippen molar-refractivity contribution in [1.82, 2.24) is 14.5 Å². The maximum Gasteiger partial charge on any atom is 0.254 e. The van der Waals surface area contributed by atoms with Crippen molar-refractivity contribution < 1.29 is 19.0 Å². The van der Waals surface area contributed by atoms with Gasteiger partial charge in [0.1, 0.15) is 0 Å². The number of carbonyl (C=O) groups excluding carboxylic acids is 1. The molecule has 0 saturated heterocycles. The molecule has 0 bridgehead atoms. The predicted octanol–water partition coefficient (Wildman–Crippen LogP) is 2.24. The standard InChI is InChI=1S/C19H21N3O4/c23-19(14-3-4-17-18(5-14)26-12-25-17)21-7-15-6-20-11-22(15)16(8-21)10-24-9-13-1-2-13/h3-6,11,13,16H,1-2,7-10,12H2. The quantitative estimate of drug-likeness (QED) is 0.823. The first-order chi connectivity index (χ1) is 12.8. The maximum absolute atomic E-state index is 13.0. The Hall–Kier alpha value is -2.54. The molecular weight excluding hydrogens is 334 g/mol. The smallest absolute Gasteiger partial charge is 0.254 e. The molecule has 1 atom stereocenters. The zero-order valence-electron chi connectivity index (χ0n) is 14.5. The number of ether oxygens (including phenoxy) is 3. The molecule has 2 aromatic rings. The third-order valence-corrected chi connectivity index (χ3v) is 5.19. The van der Waals surface area contributed by atoms with Gasteiger partial charge in [0, 0.05) is 24.9 Å². The van der Waals surface area contributed by atoms with Gasteiger partial charge >= 0.3 is 0 Å². The van der Waals surface area contributed by atoms with E-state index in [2.05, 4.69) is 9.55 Å². The van der Waals surface area contributed by atoms with Gasteiger partial charge in [0.2, 0.25) is 6.79 Å². The average molecular weight is 355 g/mol. The van der Waals surface area contributed by atoms with Crippen LogP contribution in [-0.4, -0.2) is 46.9 Å². The molecule has 7 heteroatoms. The summed E-state index contributed by atoms with van der Waals surface area (Å²) < 4.78 is 18.8. The van der Waals surface area contributed by atoms with E-state index in [1.165, 1.54) is 12.8 Å². The molecule has 0 spiro atoms. The lowest BCUT2D eigenvalue weighted by Crippen LogP contribution is -2.42. The largest absolute Gasteiger partial charge is 0.454 e. The van der Waals surface area contributed by atoms with Crippen molar-refractivity contribution in [3.63, 3.8) is 0 Å². The van der Waals surface area contributed by atoms with Crippen LogP contribution in [-0.2, 0) is 11.3 Å². The summed E-state index contributed by atoms with van der Waals surface area (Å²) in [6.07, 6.45) is 6.21. The Bertz CT molecular complexity index is 830. The van der Waals surface area contributed by atoms with Gasteiger partial charge in [0.25, 0.3) is 5.91 Å². The van der Waals surface area contributed by atoms with E-state index in [-0.39, 0.29) is 18.7 Å². The van der Waals surface area contributed by atoms with E-state index in [4.69, 9.17) is 14.2 Å². The third-order valence-electron chi connectivity index (χ3n) is 5.19. The van der Waals surface area contributed by atoms with Crippen molar-refractivity contribution in [2.75, 3.05) is 26.6 Å². The Kier molecular flexibility index (Phi) is 3.81. The number of hydrogen-bond donors (Lipinski definition) is 0. The van der Waals surface area contributed by atoms with Crippen molar-refractivity contribution >= 4 is 5.91 Å². The fourth-order valence-corrected chi connectivity index (χ4v) is 3.54. The molecule has 1 aromatic carbocycles. The molecule has 1 aliphatic carbocycles. The summed E-state index contributed by atoms with van der Waals surface area (Å²) in [6.45, 7) is 2.78. The normalized spacial score (nSPS) is 20.9. The Morgan fingerprint density at radius 1 is 1.23 bits per heavy atom. The van der Waals surface area contributed by atoms with E-state index in [1.807, 2.05) is 17.4 Å². The fraction of sp³-hybridized carbons (Fsp3) is 0.474. The fourth-order valence-electron chi connectivity index (χ4n) is 3.54. The minimum absolute atomic E-state index is 0.0112. The lowest BCUT2D eigenvalue weighted by Gasteiger charge is -2.34. The maximum atomic E-state index is 13.0. The molecule has 3 aliphatic rings. The minimum Gasteiger partial charge on any atom is -0.454 e. The third kappa shape index (κ3) is 2.92. The van der Waals surface area contributed by atoms with Crippen LogP contribution in [0.4, 0.5) is 0 Å². The number of benzene rings is 1. The van der Waals surface area contributed by atoms with Crippen molar-refractivity contribution in [2.24, 2.45) is 5.92 Å². The van der Waals surface area contributed by atoms with Crippen molar-refractivity contribution in [3.05, 3.63) is 42.0 Å². The highest BCUT2D eigenvalue weighted by molar-refractivity contribution is 5.95. The number of imidazole rings is 1. The van der Waals surface area contributed by atoms with Crippen LogP contribution in [0.1, 0.15) is 34.9 Å². The molecule has 3 heterocycles. The van der Waals surface area contributed by atoms with Crippen LogP contribution in [0.25, 0.3) is 0 Å². The van der Waals surface area contributed by atoms with Crippen molar-refractivity contribution in [2.45, 2.75) is 25.4 Å². The second kappa shape index (κ2) is 6.32. The van der Waals surface area contributed by atoms with Gasteiger partial charge in [0.05, 0.1) is 31.2 Å². The number of hydrogen-bond acceptors (Lipinski definition) is 5. The Labute approximate surface area is 151 Å². The number of aromatic nitrogens is 2. The SMILES string of the molecule is O=C(c1ccc2c(c1)OCO2)N1Cc2cncn2C(COCC2CC2)C1. The van der Waals surface area contributed by atoms with Crippen LogP contribution in [0.5, 0.6) is 11.5 Å². The van der Waals surface area contributed by atoms with Gasteiger partial charge in [-0.1, -0.05) is 0 Å². The molecule has 5 rings (SSSR count). The predicted molar refractivity (Wildman–Crippen MR) is 92.1 cm³/mol. The number of rotatable bonds is 5. The topological polar surface area (TPSA) is 65.8 Å². The lowest BCUT2D eigenvalue weighted by molar-refractivity contribution is 0.0498. The van der Waals surface area contributed by atoms with E-state index in [1.54, 1.807) is 18.2 Å². The minimum atomic E-state index is -0.0112. The second-order valence-electron chi connectivity index (χ2n) is 7.18. The summed E-state index contributed by atoms with van der Waals surface area (Å²) in [7, 11) is 0. The number of fused-ring (bicyclic) bond motifs is 2.